The Hall–Kier alpha value is -2.62. The van der Waals surface area contributed by atoms with Crippen LogP contribution < -0.4 is 10.6 Å². The van der Waals surface area contributed by atoms with Gasteiger partial charge in [0.15, 0.2) is 4.99 Å². The summed E-state index contributed by atoms with van der Waals surface area (Å²) in [4.78, 5) is 11.5. The molecule has 0 bridgehead atoms. The van der Waals surface area contributed by atoms with Gasteiger partial charge in [-0.25, -0.2) is 0 Å². The molecule has 1 amide bonds. The number of halogens is 6. The Kier molecular flexibility index (Phi) is 5.55. The number of carbonyl (C=O) groups is 1. The van der Waals surface area contributed by atoms with Crippen LogP contribution in [0.15, 0.2) is 48.5 Å². The number of nitrogens with one attached hydrogen (secondary N) is 2. The van der Waals surface area contributed by atoms with E-state index >= 15 is 0 Å². The summed E-state index contributed by atoms with van der Waals surface area (Å²) in [5.74, 6) is -1.05. The first-order chi connectivity index (χ1) is 12.0. The Morgan fingerprint density at radius 3 is 1.73 bits per heavy atom. The van der Waals surface area contributed by atoms with Crippen LogP contribution in [0.25, 0.3) is 0 Å². The first kappa shape index (κ1) is 19.7. The number of benzene rings is 2. The maximum absolute atomic E-state index is 12.8. The van der Waals surface area contributed by atoms with Crippen LogP contribution in [0.2, 0.25) is 0 Å². The van der Waals surface area contributed by atoms with Crippen LogP contribution in [-0.2, 0) is 17.1 Å². The molecule has 0 fully saturated rings. The first-order valence-corrected chi connectivity index (χ1v) is 7.34. The lowest BCUT2D eigenvalue weighted by atomic mass is 10.1. The number of hydrogen-bond donors (Lipinski definition) is 2. The molecule has 26 heavy (non-hydrogen) atoms. The molecule has 2 aromatic carbocycles. The largest absolute Gasteiger partial charge is 0.416 e. The van der Waals surface area contributed by atoms with E-state index in [1.807, 2.05) is 5.32 Å². The fraction of sp³-hybridized carbons (Fsp3) is 0.125. The van der Waals surface area contributed by atoms with E-state index in [-0.39, 0.29) is 6.07 Å². The zero-order chi connectivity index (χ0) is 19.5. The number of thiocarbonyl (C=S) groups is 1. The molecule has 10 heteroatoms. The lowest BCUT2D eigenvalue weighted by Gasteiger charge is -2.15. The highest BCUT2D eigenvalue weighted by atomic mass is 32.1. The van der Waals surface area contributed by atoms with Crippen molar-refractivity contribution in [3.63, 3.8) is 0 Å². The summed E-state index contributed by atoms with van der Waals surface area (Å²) in [6, 6.07) is 8.91. The third-order valence-electron chi connectivity index (χ3n) is 3.08. The monoisotopic (exact) mass is 392 g/mol. The molecule has 0 atom stereocenters. The van der Waals surface area contributed by atoms with Crippen LogP contribution in [-0.4, -0.2) is 10.9 Å². The van der Waals surface area contributed by atoms with Crippen molar-refractivity contribution in [1.82, 2.24) is 0 Å². The molecule has 0 aliphatic rings. The van der Waals surface area contributed by atoms with Gasteiger partial charge >= 0.3 is 12.4 Å². The molecular weight excluding hydrogens is 382 g/mol. The standard InChI is InChI=1S/C16H10F6N2OS/c17-15(18,19)9-6-10(16(20,21)22)8-12(7-9)23-13(25)14(26)24-11-4-2-1-3-5-11/h1-8H,(H,23,25)(H,24,26). The molecule has 2 N–H and O–H groups in total. The molecule has 0 aromatic heterocycles. The Balaban J connectivity index is 2.24. The average Bonchev–Trinajstić information content (AvgIpc) is 2.53. The van der Waals surface area contributed by atoms with E-state index < -0.39 is 40.1 Å². The average molecular weight is 392 g/mol. The van der Waals surface area contributed by atoms with Gasteiger partial charge in [0.1, 0.15) is 0 Å². The number of hydrogen-bond acceptors (Lipinski definition) is 2. The Morgan fingerprint density at radius 2 is 1.27 bits per heavy atom. The summed E-state index contributed by atoms with van der Waals surface area (Å²) in [5, 5.41) is 4.47. The molecule has 0 heterocycles. The van der Waals surface area contributed by atoms with Crippen molar-refractivity contribution < 1.29 is 31.1 Å². The smallest absolute Gasteiger partial charge is 0.342 e. The zero-order valence-electron chi connectivity index (χ0n) is 12.7. The van der Waals surface area contributed by atoms with Gasteiger partial charge in [0.05, 0.1) is 11.1 Å². The molecule has 3 nitrogen and oxygen atoms in total. The lowest BCUT2D eigenvalue weighted by molar-refractivity contribution is -0.143. The Morgan fingerprint density at radius 1 is 0.769 bits per heavy atom. The van der Waals surface area contributed by atoms with Crippen molar-refractivity contribution >= 4 is 34.5 Å². The number of carbonyl (C=O) groups excluding carboxylic acids is 1. The molecule has 0 aliphatic carbocycles. The highest BCUT2D eigenvalue weighted by Gasteiger charge is 2.37. The predicted octanol–water partition coefficient (Wildman–Crippen LogP) is 5.10. The molecule has 2 rings (SSSR count). The van der Waals surface area contributed by atoms with Crippen molar-refractivity contribution in [2.45, 2.75) is 12.4 Å². The predicted molar refractivity (Wildman–Crippen MR) is 87.7 cm³/mol. The minimum atomic E-state index is -5.01. The van der Waals surface area contributed by atoms with Crippen molar-refractivity contribution in [2.75, 3.05) is 10.6 Å². The first-order valence-electron chi connectivity index (χ1n) is 6.93. The summed E-state index contributed by atoms with van der Waals surface area (Å²) < 4.78 is 76.8. The van der Waals surface area contributed by atoms with Crippen molar-refractivity contribution in [3.8, 4) is 0 Å². The van der Waals surface area contributed by atoms with Crippen LogP contribution >= 0.6 is 12.2 Å². The number of rotatable bonds is 2. The summed E-state index contributed by atoms with van der Waals surface area (Å²) >= 11 is 4.80. The maximum Gasteiger partial charge on any atom is 0.416 e. The van der Waals surface area contributed by atoms with Gasteiger partial charge in [-0.1, -0.05) is 30.4 Å². The van der Waals surface area contributed by atoms with Crippen molar-refractivity contribution in [2.24, 2.45) is 0 Å². The van der Waals surface area contributed by atoms with Gasteiger partial charge in [-0.15, -0.1) is 0 Å². The molecule has 2 aromatic rings. The van der Waals surface area contributed by atoms with Gasteiger partial charge in [-0.05, 0) is 30.3 Å². The van der Waals surface area contributed by atoms with E-state index in [9.17, 15) is 31.1 Å². The van der Waals surface area contributed by atoms with E-state index in [1.54, 1.807) is 30.3 Å². The summed E-state index contributed by atoms with van der Waals surface area (Å²) in [6.07, 6.45) is -10.0. The Bertz CT molecular complexity index is 785. The van der Waals surface area contributed by atoms with Gasteiger partial charge in [0.25, 0.3) is 5.91 Å². The van der Waals surface area contributed by atoms with Crippen LogP contribution in [0.4, 0.5) is 37.7 Å². The second-order valence-electron chi connectivity index (χ2n) is 5.07. The van der Waals surface area contributed by atoms with Gasteiger partial charge in [0, 0.05) is 11.4 Å². The van der Waals surface area contributed by atoms with E-state index in [0.717, 1.165) is 0 Å². The highest BCUT2D eigenvalue weighted by Crippen LogP contribution is 2.37. The second kappa shape index (κ2) is 7.32. The van der Waals surface area contributed by atoms with Crippen LogP contribution in [0, 0.1) is 0 Å². The molecule has 0 unspecified atom stereocenters. The van der Waals surface area contributed by atoms with Gasteiger partial charge in [-0.2, -0.15) is 26.3 Å². The van der Waals surface area contributed by atoms with E-state index in [4.69, 9.17) is 12.2 Å². The van der Waals surface area contributed by atoms with Crippen molar-refractivity contribution in [1.29, 1.82) is 0 Å². The van der Waals surface area contributed by atoms with Gasteiger partial charge in [-0.3, -0.25) is 4.79 Å². The summed E-state index contributed by atoms with van der Waals surface area (Å²) in [6.45, 7) is 0. The third kappa shape index (κ3) is 5.19. The molecule has 138 valence electrons. The van der Waals surface area contributed by atoms with Crippen LogP contribution in [0.5, 0.6) is 0 Å². The summed E-state index contributed by atoms with van der Waals surface area (Å²) in [7, 11) is 0. The number of amides is 1. The number of anilines is 2. The van der Waals surface area contributed by atoms with E-state index in [2.05, 4.69) is 5.32 Å². The second-order valence-corrected chi connectivity index (χ2v) is 5.48. The highest BCUT2D eigenvalue weighted by molar-refractivity contribution is 7.82. The zero-order valence-corrected chi connectivity index (χ0v) is 13.5. The topological polar surface area (TPSA) is 41.1 Å². The fourth-order valence-corrected chi connectivity index (χ4v) is 2.09. The maximum atomic E-state index is 12.8. The van der Waals surface area contributed by atoms with E-state index in [1.165, 1.54) is 0 Å². The van der Waals surface area contributed by atoms with Crippen LogP contribution in [0.1, 0.15) is 11.1 Å². The minimum absolute atomic E-state index is 0.0316. The normalized spacial score (nSPS) is 11.8. The molecule has 0 saturated heterocycles. The SMILES string of the molecule is O=C(Nc1cc(C(F)(F)F)cc(C(F)(F)F)c1)C(=S)Nc1ccccc1. The summed E-state index contributed by atoms with van der Waals surface area (Å²) in [5.41, 5.74) is -3.31. The van der Waals surface area contributed by atoms with Gasteiger partial charge < -0.3 is 10.6 Å². The quantitative estimate of drug-likeness (QED) is 0.552. The van der Waals surface area contributed by atoms with Crippen molar-refractivity contribution in [3.05, 3.63) is 59.7 Å². The third-order valence-corrected chi connectivity index (χ3v) is 3.37. The molecule has 0 saturated carbocycles. The molecular formula is C16H10F6N2OS. The van der Waals surface area contributed by atoms with E-state index in [0.29, 0.717) is 17.8 Å². The fourth-order valence-electron chi connectivity index (χ4n) is 1.92. The minimum Gasteiger partial charge on any atom is -0.342 e. The van der Waals surface area contributed by atoms with Crippen LogP contribution in [0.3, 0.4) is 0 Å². The molecule has 0 aliphatic heterocycles. The lowest BCUT2D eigenvalue weighted by Crippen LogP contribution is -2.27. The van der Waals surface area contributed by atoms with Gasteiger partial charge in [0.2, 0.25) is 0 Å². The molecule has 0 spiro atoms. The number of alkyl halides is 6. The number of para-hydroxylation sites is 1. The Labute approximate surface area is 149 Å². The molecule has 0 radical (unpaired) electrons.